The smallest absolute Gasteiger partial charge is 0.257 e. The number of hydrogen-bond donors (Lipinski definition) is 1. The van der Waals surface area contributed by atoms with Gasteiger partial charge >= 0.3 is 0 Å². The maximum Gasteiger partial charge on any atom is 0.257 e. The normalized spacial score (nSPS) is 15.3. The van der Waals surface area contributed by atoms with Crippen LogP contribution in [0.1, 0.15) is 36.0 Å². The second kappa shape index (κ2) is 6.63. The summed E-state index contributed by atoms with van der Waals surface area (Å²) in [5.74, 6) is -0.868. The van der Waals surface area contributed by atoms with Gasteiger partial charge in [0.2, 0.25) is 0 Å². The van der Waals surface area contributed by atoms with Crippen LogP contribution < -0.4 is 5.73 Å². The van der Waals surface area contributed by atoms with Gasteiger partial charge in [-0.1, -0.05) is 41.0 Å². The zero-order valence-corrected chi connectivity index (χ0v) is 13.3. The van der Waals surface area contributed by atoms with E-state index < -0.39 is 5.82 Å². The summed E-state index contributed by atoms with van der Waals surface area (Å²) >= 11 is 8.18. The van der Waals surface area contributed by atoms with Gasteiger partial charge in [-0.05, 0) is 31.0 Å². The zero-order valence-electron chi connectivity index (χ0n) is 10.9. The fourth-order valence-electron chi connectivity index (χ4n) is 2.57. The predicted octanol–water partition coefficient (Wildman–Crippen LogP) is 3.26. The summed E-state index contributed by atoms with van der Waals surface area (Å²) in [5.41, 5.74) is 5.64. The van der Waals surface area contributed by atoms with Gasteiger partial charge in [0.15, 0.2) is 0 Å². The van der Waals surface area contributed by atoms with Crippen molar-refractivity contribution in [2.24, 2.45) is 5.73 Å². The molecule has 1 saturated carbocycles. The van der Waals surface area contributed by atoms with Gasteiger partial charge in [0.1, 0.15) is 5.82 Å². The molecule has 0 aromatic heterocycles. The number of amides is 1. The van der Waals surface area contributed by atoms with Crippen molar-refractivity contribution >= 4 is 39.0 Å². The van der Waals surface area contributed by atoms with Crippen molar-refractivity contribution in [3.8, 4) is 0 Å². The number of hydrogen-bond acceptors (Lipinski definition) is 2. The molecule has 108 valence electrons. The van der Waals surface area contributed by atoms with Crippen molar-refractivity contribution in [1.82, 2.24) is 4.90 Å². The average Bonchev–Trinajstić information content (AvgIpc) is 2.91. The highest BCUT2D eigenvalue weighted by Gasteiger charge is 2.29. The van der Waals surface area contributed by atoms with E-state index >= 15 is 0 Å². The number of carbonyl (C=O) groups excluding carboxylic acids is 1. The SMILES string of the molecule is NC(=S)CN(C(=O)c1cc(Br)ccc1F)C1CCCC1. The summed E-state index contributed by atoms with van der Waals surface area (Å²) in [6.45, 7) is 0.199. The van der Waals surface area contributed by atoms with E-state index in [1.807, 2.05) is 0 Å². The Morgan fingerprint density at radius 3 is 2.70 bits per heavy atom. The largest absolute Gasteiger partial charge is 0.392 e. The molecule has 0 aliphatic heterocycles. The Morgan fingerprint density at radius 2 is 2.10 bits per heavy atom. The lowest BCUT2D eigenvalue weighted by Gasteiger charge is -2.28. The molecule has 1 aliphatic rings. The molecule has 3 nitrogen and oxygen atoms in total. The van der Waals surface area contributed by atoms with Crippen LogP contribution in [-0.4, -0.2) is 28.4 Å². The number of thiocarbonyl (C=S) groups is 1. The highest BCUT2D eigenvalue weighted by atomic mass is 79.9. The maximum absolute atomic E-state index is 13.9. The molecule has 1 fully saturated rings. The minimum Gasteiger partial charge on any atom is -0.392 e. The Hall–Kier alpha value is -1.01. The number of nitrogens with two attached hydrogens (primary N) is 1. The first-order valence-corrected chi connectivity index (χ1v) is 7.73. The first-order chi connectivity index (χ1) is 9.49. The van der Waals surface area contributed by atoms with Gasteiger partial charge in [-0.3, -0.25) is 4.79 Å². The maximum atomic E-state index is 13.9. The molecular weight excluding hydrogens is 343 g/mol. The summed E-state index contributed by atoms with van der Waals surface area (Å²) in [6, 6.07) is 4.45. The summed E-state index contributed by atoms with van der Waals surface area (Å²) in [7, 11) is 0. The van der Waals surface area contributed by atoms with E-state index in [9.17, 15) is 9.18 Å². The van der Waals surface area contributed by atoms with Crippen molar-refractivity contribution in [2.75, 3.05) is 6.54 Å². The second-order valence-corrected chi connectivity index (χ2v) is 6.40. The second-order valence-electron chi connectivity index (χ2n) is 4.96. The molecule has 0 unspecified atom stereocenters. The van der Waals surface area contributed by atoms with Gasteiger partial charge in [0, 0.05) is 10.5 Å². The lowest BCUT2D eigenvalue weighted by Crippen LogP contribution is -2.43. The Morgan fingerprint density at radius 1 is 1.45 bits per heavy atom. The van der Waals surface area contributed by atoms with Crippen LogP contribution in [0.3, 0.4) is 0 Å². The van der Waals surface area contributed by atoms with Crippen LogP contribution >= 0.6 is 28.1 Å². The number of benzene rings is 1. The Balaban J connectivity index is 2.29. The third-order valence-electron chi connectivity index (χ3n) is 3.51. The van der Waals surface area contributed by atoms with Crippen LogP contribution in [0.4, 0.5) is 4.39 Å². The highest BCUT2D eigenvalue weighted by Crippen LogP contribution is 2.26. The minimum absolute atomic E-state index is 0.0579. The molecule has 0 spiro atoms. The lowest BCUT2D eigenvalue weighted by molar-refractivity contribution is 0.0710. The van der Waals surface area contributed by atoms with Crippen molar-refractivity contribution in [3.63, 3.8) is 0 Å². The molecule has 6 heteroatoms. The molecule has 2 rings (SSSR count). The molecule has 20 heavy (non-hydrogen) atoms. The standard InChI is InChI=1S/C14H16BrFN2OS/c15-9-5-6-12(16)11(7-9)14(19)18(8-13(17)20)10-3-1-2-4-10/h5-7,10H,1-4,8H2,(H2,17,20). The van der Waals surface area contributed by atoms with Crippen molar-refractivity contribution in [3.05, 3.63) is 34.1 Å². The molecule has 1 aliphatic carbocycles. The fourth-order valence-corrected chi connectivity index (χ4v) is 3.07. The quantitative estimate of drug-likeness (QED) is 0.840. The van der Waals surface area contributed by atoms with Crippen LogP contribution in [0.2, 0.25) is 0 Å². The topological polar surface area (TPSA) is 46.3 Å². The van der Waals surface area contributed by atoms with Gasteiger partial charge in [0.05, 0.1) is 17.1 Å². The van der Waals surface area contributed by atoms with E-state index in [1.165, 1.54) is 12.1 Å². The van der Waals surface area contributed by atoms with Gasteiger partial charge in [-0.25, -0.2) is 4.39 Å². The van der Waals surface area contributed by atoms with Gasteiger partial charge in [0.25, 0.3) is 5.91 Å². The monoisotopic (exact) mass is 358 g/mol. The molecule has 0 saturated heterocycles. The van der Waals surface area contributed by atoms with E-state index in [0.29, 0.717) is 4.47 Å². The van der Waals surface area contributed by atoms with E-state index in [1.54, 1.807) is 11.0 Å². The molecule has 0 heterocycles. The third kappa shape index (κ3) is 3.55. The molecule has 1 aromatic carbocycles. The molecule has 1 aromatic rings. The van der Waals surface area contributed by atoms with E-state index in [0.717, 1.165) is 25.7 Å². The summed E-state index contributed by atoms with van der Waals surface area (Å²) in [5, 5.41) is 0. The molecule has 0 atom stereocenters. The third-order valence-corrected chi connectivity index (χ3v) is 4.13. The van der Waals surface area contributed by atoms with Crippen LogP contribution in [0, 0.1) is 5.82 Å². The Bertz CT molecular complexity index is 532. The first kappa shape index (κ1) is 15.4. The number of nitrogens with zero attached hydrogens (tertiary/aromatic N) is 1. The highest BCUT2D eigenvalue weighted by molar-refractivity contribution is 9.10. The van der Waals surface area contributed by atoms with Crippen LogP contribution in [0.25, 0.3) is 0 Å². The van der Waals surface area contributed by atoms with Gasteiger partial charge in [-0.15, -0.1) is 0 Å². The number of halogens is 2. The first-order valence-electron chi connectivity index (χ1n) is 6.53. The van der Waals surface area contributed by atoms with Crippen molar-refractivity contribution in [1.29, 1.82) is 0 Å². The predicted molar refractivity (Wildman–Crippen MR) is 84.2 cm³/mol. The summed E-state index contributed by atoms with van der Waals surface area (Å²) in [4.78, 5) is 14.5. The van der Waals surface area contributed by atoms with Crippen LogP contribution in [0.5, 0.6) is 0 Å². The Kier molecular flexibility index (Phi) is 5.10. The van der Waals surface area contributed by atoms with E-state index in [-0.39, 0.29) is 29.0 Å². The zero-order chi connectivity index (χ0) is 14.7. The van der Waals surface area contributed by atoms with E-state index in [4.69, 9.17) is 18.0 Å². The molecule has 1 amide bonds. The van der Waals surface area contributed by atoms with Crippen LogP contribution in [-0.2, 0) is 0 Å². The van der Waals surface area contributed by atoms with Gasteiger partial charge < -0.3 is 10.6 Å². The fraction of sp³-hybridized carbons (Fsp3) is 0.429. The lowest BCUT2D eigenvalue weighted by atomic mass is 10.1. The molecular formula is C14H16BrFN2OS. The van der Waals surface area contributed by atoms with Crippen molar-refractivity contribution < 1.29 is 9.18 Å². The number of carbonyl (C=O) groups is 1. The molecule has 0 bridgehead atoms. The molecule has 0 radical (unpaired) electrons. The minimum atomic E-state index is -0.524. The van der Waals surface area contributed by atoms with E-state index in [2.05, 4.69) is 15.9 Å². The van der Waals surface area contributed by atoms with Crippen LogP contribution in [0.15, 0.2) is 22.7 Å². The molecule has 2 N–H and O–H groups in total. The summed E-state index contributed by atoms with van der Waals surface area (Å²) in [6.07, 6.45) is 3.99. The average molecular weight is 359 g/mol. The van der Waals surface area contributed by atoms with Gasteiger partial charge in [-0.2, -0.15) is 0 Å². The Labute approximate surface area is 131 Å². The summed E-state index contributed by atoms with van der Waals surface area (Å²) < 4.78 is 14.5. The number of rotatable bonds is 4. The van der Waals surface area contributed by atoms with Crippen molar-refractivity contribution in [2.45, 2.75) is 31.7 Å².